The van der Waals surface area contributed by atoms with Crippen molar-refractivity contribution in [2.45, 2.75) is 51.6 Å². The summed E-state index contributed by atoms with van der Waals surface area (Å²) in [5.74, 6) is -3.29. The molecular formula is C26H32N6O7. The Morgan fingerprint density at radius 3 is 2.41 bits per heavy atom. The maximum atomic E-state index is 12.9. The summed E-state index contributed by atoms with van der Waals surface area (Å²) >= 11 is 0. The summed E-state index contributed by atoms with van der Waals surface area (Å²) in [7, 11) is 1.20. The fraction of sp³-hybridized carbons (Fsp3) is 0.385. The van der Waals surface area contributed by atoms with Crippen LogP contribution in [0.25, 0.3) is 11.0 Å². The Morgan fingerprint density at radius 1 is 1.10 bits per heavy atom. The monoisotopic (exact) mass is 540 g/mol. The first-order valence-electron chi connectivity index (χ1n) is 12.4. The number of nitrogens with one attached hydrogen (secondary N) is 4. The molecule has 3 aromatic rings. The Kier molecular flexibility index (Phi) is 9.42. The van der Waals surface area contributed by atoms with Gasteiger partial charge in [-0.15, -0.1) is 0 Å². The SMILES string of the molecule is COC(=O)[C@@H](NC(=O)C(CCC(=O)O)NC(=O)c1ccc(CCc2c[nH]c3nc(N)[nH]c(=O)c23)cc1)C(C)C. The number of nitrogen functional groups attached to an aromatic ring is 1. The van der Waals surface area contributed by atoms with Crippen molar-refractivity contribution in [2.24, 2.45) is 5.92 Å². The van der Waals surface area contributed by atoms with Crippen LogP contribution in [0.15, 0.2) is 35.3 Å². The Hall–Kier alpha value is -4.68. The molecule has 3 rings (SSSR count). The van der Waals surface area contributed by atoms with Gasteiger partial charge in [-0.3, -0.25) is 24.2 Å². The number of carbonyl (C=O) groups is 4. The second-order valence-electron chi connectivity index (χ2n) is 9.40. The number of rotatable bonds is 12. The minimum atomic E-state index is -1.18. The molecule has 2 heterocycles. The number of nitrogens with zero attached hydrogens (tertiary/aromatic N) is 1. The van der Waals surface area contributed by atoms with Gasteiger partial charge in [0.1, 0.15) is 17.7 Å². The number of carboxylic acid groups (broad SMARTS) is 1. The van der Waals surface area contributed by atoms with E-state index >= 15 is 0 Å². The summed E-state index contributed by atoms with van der Waals surface area (Å²) in [6.45, 7) is 3.44. The standard InChI is InChI=1S/C26H32N6O7/c1-13(2)20(25(38)39-3)30-23(36)17(10-11-18(33)34)29-22(35)15-7-4-14(5-8-15)6-9-16-12-28-21-19(16)24(37)32-26(27)31-21/h4-5,7-8,12-13,17,20H,6,9-11H2,1-3H3,(H,29,35)(H,30,36)(H,33,34)(H4,27,28,31,32,37)/t17?,20-/m0/s1. The number of aryl methyl sites for hydroxylation is 2. The van der Waals surface area contributed by atoms with Crippen molar-refractivity contribution < 1.29 is 29.0 Å². The van der Waals surface area contributed by atoms with Gasteiger partial charge in [0.25, 0.3) is 11.5 Å². The average Bonchev–Trinajstić information content (AvgIpc) is 3.30. The van der Waals surface area contributed by atoms with E-state index in [1.54, 1.807) is 44.3 Å². The second kappa shape index (κ2) is 12.7. The summed E-state index contributed by atoms with van der Waals surface area (Å²) in [6, 6.07) is 4.55. The first-order chi connectivity index (χ1) is 18.5. The average molecular weight is 541 g/mol. The van der Waals surface area contributed by atoms with Crippen LogP contribution in [0.4, 0.5) is 5.95 Å². The lowest BCUT2D eigenvalue weighted by molar-refractivity contribution is -0.146. The van der Waals surface area contributed by atoms with Crippen molar-refractivity contribution in [1.29, 1.82) is 0 Å². The molecule has 0 aliphatic carbocycles. The number of carboxylic acids is 1. The Balaban J connectivity index is 1.67. The summed E-state index contributed by atoms with van der Waals surface area (Å²) in [6.07, 6.45) is 2.30. The van der Waals surface area contributed by atoms with Crippen LogP contribution < -0.4 is 21.9 Å². The number of carbonyl (C=O) groups excluding carboxylic acids is 3. The lowest BCUT2D eigenvalue weighted by Gasteiger charge is -2.24. The zero-order valence-electron chi connectivity index (χ0n) is 21.9. The van der Waals surface area contributed by atoms with Gasteiger partial charge in [-0.25, -0.2) is 4.79 Å². The number of fused-ring (bicyclic) bond motifs is 1. The molecule has 39 heavy (non-hydrogen) atoms. The number of methoxy groups -OCH3 is 1. The van der Waals surface area contributed by atoms with E-state index in [9.17, 15) is 24.0 Å². The third-order valence-electron chi connectivity index (χ3n) is 6.23. The van der Waals surface area contributed by atoms with E-state index in [0.717, 1.165) is 11.1 Å². The van der Waals surface area contributed by atoms with Crippen LogP contribution in [0.5, 0.6) is 0 Å². The van der Waals surface area contributed by atoms with E-state index in [4.69, 9.17) is 15.6 Å². The molecule has 2 atom stereocenters. The van der Waals surface area contributed by atoms with Gasteiger partial charge in [-0.1, -0.05) is 26.0 Å². The van der Waals surface area contributed by atoms with Gasteiger partial charge in [-0.2, -0.15) is 4.98 Å². The van der Waals surface area contributed by atoms with E-state index in [-0.39, 0.29) is 35.8 Å². The fourth-order valence-electron chi connectivity index (χ4n) is 4.08. The van der Waals surface area contributed by atoms with Gasteiger partial charge in [-0.05, 0) is 48.4 Å². The van der Waals surface area contributed by atoms with E-state index in [0.29, 0.717) is 23.9 Å². The third kappa shape index (κ3) is 7.43. The Labute approximate surface area is 223 Å². The number of hydrogen-bond acceptors (Lipinski definition) is 8. The molecule has 0 bridgehead atoms. The number of esters is 1. The second-order valence-corrected chi connectivity index (χ2v) is 9.40. The molecule has 0 saturated carbocycles. The van der Waals surface area contributed by atoms with Crippen LogP contribution in [-0.4, -0.2) is 63.0 Å². The summed E-state index contributed by atoms with van der Waals surface area (Å²) in [4.78, 5) is 70.7. The molecule has 0 aliphatic rings. The highest BCUT2D eigenvalue weighted by Crippen LogP contribution is 2.16. The maximum absolute atomic E-state index is 12.9. The van der Waals surface area contributed by atoms with Crippen LogP contribution in [0.1, 0.15) is 48.2 Å². The Morgan fingerprint density at radius 2 is 1.79 bits per heavy atom. The molecule has 13 nitrogen and oxygen atoms in total. The van der Waals surface area contributed by atoms with Crippen molar-refractivity contribution in [1.82, 2.24) is 25.6 Å². The molecule has 13 heteroatoms. The largest absolute Gasteiger partial charge is 0.481 e. The number of H-pyrrole nitrogens is 2. The molecule has 2 aromatic heterocycles. The molecule has 0 radical (unpaired) electrons. The van der Waals surface area contributed by atoms with Crippen molar-refractivity contribution in [3.63, 3.8) is 0 Å². The molecule has 208 valence electrons. The van der Waals surface area contributed by atoms with Crippen LogP contribution in [0.3, 0.4) is 0 Å². The first kappa shape index (κ1) is 28.9. The smallest absolute Gasteiger partial charge is 0.328 e. The van der Waals surface area contributed by atoms with Gasteiger partial charge in [0.15, 0.2) is 0 Å². The van der Waals surface area contributed by atoms with E-state index in [1.165, 1.54) is 7.11 Å². The quantitative estimate of drug-likeness (QED) is 0.180. The summed E-state index contributed by atoms with van der Waals surface area (Å²) in [5.41, 5.74) is 7.61. The number of amides is 2. The van der Waals surface area contributed by atoms with Crippen LogP contribution >= 0.6 is 0 Å². The number of aliphatic carboxylic acids is 1. The van der Waals surface area contributed by atoms with Gasteiger partial charge in [0, 0.05) is 18.2 Å². The highest BCUT2D eigenvalue weighted by molar-refractivity contribution is 5.98. The fourth-order valence-corrected chi connectivity index (χ4v) is 4.08. The molecule has 1 aromatic carbocycles. The lowest BCUT2D eigenvalue weighted by atomic mass is 10.0. The van der Waals surface area contributed by atoms with E-state index in [1.807, 2.05) is 0 Å². The van der Waals surface area contributed by atoms with Crippen molar-refractivity contribution in [3.8, 4) is 0 Å². The predicted octanol–water partition coefficient (Wildman–Crippen LogP) is 0.896. The number of benzene rings is 1. The number of aromatic nitrogens is 3. The van der Waals surface area contributed by atoms with Crippen molar-refractivity contribution in [3.05, 3.63) is 57.5 Å². The van der Waals surface area contributed by atoms with E-state index < -0.39 is 35.8 Å². The molecule has 0 saturated heterocycles. The van der Waals surface area contributed by atoms with Crippen LogP contribution in [0, 0.1) is 5.92 Å². The Bertz CT molecular complexity index is 1410. The maximum Gasteiger partial charge on any atom is 0.328 e. The molecule has 2 amide bonds. The highest BCUT2D eigenvalue weighted by atomic mass is 16.5. The number of ether oxygens (including phenoxy) is 1. The van der Waals surface area contributed by atoms with Gasteiger partial charge in [0.2, 0.25) is 11.9 Å². The first-order valence-corrected chi connectivity index (χ1v) is 12.4. The van der Waals surface area contributed by atoms with Crippen LogP contribution in [0.2, 0.25) is 0 Å². The van der Waals surface area contributed by atoms with Gasteiger partial charge < -0.3 is 31.2 Å². The minimum Gasteiger partial charge on any atom is -0.481 e. The molecule has 1 unspecified atom stereocenters. The summed E-state index contributed by atoms with van der Waals surface area (Å²) in [5, 5.41) is 14.6. The number of hydrogen-bond donors (Lipinski definition) is 6. The van der Waals surface area contributed by atoms with Crippen molar-refractivity contribution in [2.75, 3.05) is 12.8 Å². The number of anilines is 1. The van der Waals surface area contributed by atoms with E-state index in [2.05, 4.69) is 25.6 Å². The predicted molar refractivity (Wildman–Crippen MR) is 142 cm³/mol. The highest BCUT2D eigenvalue weighted by Gasteiger charge is 2.29. The van der Waals surface area contributed by atoms with Crippen molar-refractivity contribution >= 4 is 40.7 Å². The molecule has 0 aliphatic heterocycles. The zero-order valence-corrected chi connectivity index (χ0v) is 21.9. The molecule has 7 N–H and O–H groups in total. The lowest BCUT2D eigenvalue weighted by Crippen LogP contribution is -2.53. The van der Waals surface area contributed by atoms with Gasteiger partial charge >= 0.3 is 11.9 Å². The van der Waals surface area contributed by atoms with Crippen LogP contribution in [-0.2, 0) is 32.0 Å². The molecule has 0 fully saturated rings. The van der Waals surface area contributed by atoms with Gasteiger partial charge in [0.05, 0.1) is 12.5 Å². The number of nitrogens with two attached hydrogens (primary N) is 1. The topological polar surface area (TPSA) is 209 Å². The summed E-state index contributed by atoms with van der Waals surface area (Å²) < 4.78 is 4.73. The minimum absolute atomic E-state index is 0.0284. The third-order valence-corrected chi connectivity index (χ3v) is 6.23. The molecule has 0 spiro atoms. The zero-order chi connectivity index (χ0) is 28.7. The normalized spacial score (nSPS) is 12.6. The number of aromatic amines is 2. The molecular weight excluding hydrogens is 508 g/mol.